The van der Waals surface area contributed by atoms with Crippen molar-refractivity contribution in [2.24, 2.45) is 11.7 Å². The van der Waals surface area contributed by atoms with Gasteiger partial charge in [-0.15, -0.1) is 12.4 Å². The van der Waals surface area contributed by atoms with Crippen LogP contribution in [0.5, 0.6) is 5.75 Å². The number of amides is 1. The van der Waals surface area contributed by atoms with Gasteiger partial charge in [-0.05, 0) is 30.0 Å². The van der Waals surface area contributed by atoms with Crippen LogP contribution in [0.3, 0.4) is 0 Å². The number of hydrogen-bond acceptors (Lipinski definition) is 3. The molecule has 0 aliphatic carbocycles. The topological polar surface area (TPSA) is 64.4 Å². The van der Waals surface area contributed by atoms with Crippen molar-refractivity contribution in [3.8, 4) is 5.75 Å². The molecule has 0 heterocycles. The Morgan fingerprint density at radius 1 is 1.35 bits per heavy atom. The Hall–Kier alpha value is -1.26. The van der Waals surface area contributed by atoms with Crippen LogP contribution in [0.15, 0.2) is 24.3 Å². The van der Waals surface area contributed by atoms with E-state index in [9.17, 15) is 4.79 Å². The molecule has 3 N–H and O–H groups in total. The molecule has 0 radical (unpaired) electrons. The molecule has 2 atom stereocenters. The highest BCUT2D eigenvalue weighted by atomic mass is 35.5. The first-order valence-corrected chi connectivity index (χ1v) is 6.74. The normalized spacial score (nSPS) is 13.0. The summed E-state index contributed by atoms with van der Waals surface area (Å²) in [6.07, 6.45) is 1.70. The van der Waals surface area contributed by atoms with E-state index in [1.807, 2.05) is 38.1 Å². The quantitative estimate of drug-likeness (QED) is 0.811. The molecule has 0 fully saturated rings. The first-order chi connectivity index (χ1) is 9.08. The van der Waals surface area contributed by atoms with Crippen molar-refractivity contribution in [2.45, 2.75) is 32.7 Å². The molecular formula is C15H25ClN2O2. The third-order valence-corrected chi connectivity index (χ3v) is 3.43. The molecule has 1 aromatic carbocycles. The first-order valence-electron chi connectivity index (χ1n) is 6.74. The number of ether oxygens (including phenoxy) is 1. The minimum Gasteiger partial charge on any atom is -0.497 e. The number of hydrogen-bond donors (Lipinski definition) is 2. The lowest BCUT2D eigenvalue weighted by molar-refractivity contribution is -0.123. The van der Waals surface area contributed by atoms with Gasteiger partial charge in [-0.3, -0.25) is 4.79 Å². The summed E-state index contributed by atoms with van der Waals surface area (Å²) >= 11 is 0. The van der Waals surface area contributed by atoms with Crippen molar-refractivity contribution < 1.29 is 9.53 Å². The van der Waals surface area contributed by atoms with Crippen LogP contribution in [-0.2, 0) is 11.2 Å². The second kappa shape index (κ2) is 9.61. The predicted molar refractivity (Wildman–Crippen MR) is 84.4 cm³/mol. The Bertz CT molecular complexity index is 395. The van der Waals surface area contributed by atoms with Crippen molar-refractivity contribution in [3.05, 3.63) is 29.8 Å². The van der Waals surface area contributed by atoms with Crippen molar-refractivity contribution in [2.75, 3.05) is 13.7 Å². The fraction of sp³-hybridized carbons (Fsp3) is 0.533. The van der Waals surface area contributed by atoms with Gasteiger partial charge in [0.1, 0.15) is 5.75 Å². The second-order valence-corrected chi connectivity index (χ2v) is 4.80. The predicted octanol–water partition coefficient (Wildman–Crippen LogP) is 2.15. The summed E-state index contributed by atoms with van der Waals surface area (Å²) < 4.78 is 5.10. The average molecular weight is 301 g/mol. The lowest BCUT2D eigenvalue weighted by atomic mass is 9.99. The number of carbonyl (C=O) groups excluding carboxylic acids is 1. The monoisotopic (exact) mass is 300 g/mol. The zero-order chi connectivity index (χ0) is 14.3. The number of benzene rings is 1. The van der Waals surface area contributed by atoms with Crippen LogP contribution >= 0.6 is 12.4 Å². The molecule has 0 aliphatic heterocycles. The highest BCUT2D eigenvalue weighted by Crippen LogP contribution is 2.11. The highest BCUT2D eigenvalue weighted by Gasteiger charge is 2.18. The van der Waals surface area contributed by atoms with Gasteiger partial charge in [0.15, 0.2) is 0 Å². The Balaban J connectivity index is 0.00000361. The van der Waals surface area contributed by atoms with Gasteiger partial charge in [-0.2, -0.15) is 0 Å². The molecule has 114 valence electrons. The van der Waals surface area contributed by atoms with E-state index < -0.39 is 6.04 Å². The van der Waals surface area contributed by atoms with Gasteiger partial charge in [-0.25, -0.2) is 0 Å². The third-order valence-electron chi connectivity index (χ3n) is 3.43. The Labute approximate surface area is 127 Å². The smallest absolute Gasteiger partial charge is 0.237 e. The van der Waals surface area contributed by atoms with E-state index in [4.69, 9.17) is 10.5 Å². The van der Waals surface area contributed by atoms with Gasteiger partial charge in [0.25, 0.3) is 0 Å². The van der Waals surface area contributed by atoms with Crippen LogP contribution in [0.1, 0.15) is 25.8 Å². The summed E-state index contributed by atoms with van der Waals surface area (Å²) in [7, 11) is 1.64. The van der Waals surface area contributed by atoms with E-state index in [1.165, 1.54) is 5.56 Å². The first kappa shape index (κ1) is 18.7. The summed E-state index contributed by atoms with van der Waals surface area (Å²) in [6.45, 7) is 4.64. The number of nitrogens with two attached hydrogens (primary N) is 1. The largest absolute Gasteiger partial charge is 0.497 e. The standard InChI is InChI=1S/C15H24N2O2.ClH/c1-4-11(2)14(16)15(18)17-10-9-12-5-7-13(19-3)8-6-12;/h5-8,11,14H,4,9-10,16H2,1-3H3,(H,17,18);1H. The van der Waals surface area contributed by atoms with E-state index in [1.54, 1.807) is 7.11 Å². The molecule has 20 heavy (non-hydrogen) atoms. The molecule has 0 aliphatic rings. The van der Waals surface area contributed by atoms with Gasteiger partial charge in [-0.1, -0.05) is 32.4 Å². The van der Waals surface area contributed by atoms with E-state index in [0.29, 0.717) is 6.54 Å². The molecule has 0 saturated carbocycles. The number of rotatable bonds is 7. The van der Waals surface area contributed by atoms with Crippen LogP contribution in [0.25, 0.3) is 0 Å². The zero-order valence-corrected chi connectivity index (χ0v) is 13.2. The summed E-state index contributed by atoms with van der Waals surface area (Å²) in [4.78, 5) is 11.8. The maximum absolute atomic E-state index is 11.8. The van der Waals surface area contributed by atoms with Gasteiger partial charge in [0.2, 0.25) is 5.91 Å². The maximum Gasteiger partial charge on any atom is 0.237 e. The lowest BCUT2D eigenvalue weighted by Crippen LogP contribution is -2.45. The van der Waals surface area contributed by atoms with Crippen molar-refractivity contribution in [1.82, 2.24) is 5.32 Å². The van der Waals surface area contributed by atoms with E-state index in [2.05, 4.69) is 5.32 Å². The van der Waals surface area contributed by atoms with Crippen LogP contribution in [0, 0.1) is 5.92 Å². The Morgan fingerprint density at radius 2 is 1.95 bits per heavy atom. The molecular weight excluding hydrogens is 276 g/mol. The highest BCUT2D eigenvalue weighted by molar-refractivity contribution is 5.85. The fourth-order valence-corrected chi connectivity index (χ4v) is 1.75. The Kier molecular flexibility index (Phi) is 9.01. The summed E-state index contributed by atoms with van der Waals surface area (Å²) in [5.41, 5.74) is 7.03. The van der Waals surface area contributed by atoms with Gasteiger partial charge >= 0.3 is 0 Å². The van der Waals surface area contributed by atoms with Crippen LogP contribution in [-0.4, -0.2) is 25.6 Å². The molecule has 2 unspecified atom stereocenters. The van der Waals surface area contributed by atoms with E-state index >= 15 is 0 Å². The zero-order valence-electron chi connectivity index (χ0n) is 12.4. The maximum atomic E-state index is 11.8. The van der Waals surface area contributed by atoms with Gasteiger partial charge in [0, 0.05) is 6.54 Å². The summed E-state index contributed by atoms with van der Waals surface area (Å²) in [5.74, 6) is 0.982. The molecule has 1 aromatic rings. The molecule has 1 rings (SSSR count). The number of halogens is 1. The van der Waals surface area contributed by atoms with E-state index in [0.717, 1.165) is 18.6 Å². The van der Waals surface area contributed by atoms with Crippen LogP contribution < -0.4 is 15.8 Å². The molecule has 0 bridgehead atoms. The minimum absolute atomic E-state index is 0. The minimum atomic E-state index is -0.416. The lowest BCUT2D eigenvalue weighted by Gasteiger charge is -2.17. The third kappa shape index (κ3) is 5.80. The van der Waals surface area contributed by atoms with Gasteiger partial charge < -0.3 is 15.8 Å². The van der Waals surface area contributed by atoms with Crippen LogP contribution in [0.4, 0.5) is 0 Å². The Morgan fingerprint density at radius 3 is 2.45 bits per heavy atom. The molecule has 0 saturated heterocycles. The van der Waals surface area contributed by atoms with Crippen LogP contribution in [0.2, 0.25) is 0 Å². The molecule has 0 spiro atoms. The second-order valence-electron chi connectivity index (χ2n) is 4.80. The van der Waals surface area contributed by atoms with Crippen molar-refractivity contribution in [1.29, 1.82) is 0 Å². The number of nitrogens with one attached hydrogen (secondary N) is 1. The fourth-order valence-electron chi connectivity index (χ4n) is 1.75. The SMILES string of the molecule is CCC(C)C(N)C(=O)NCCc1ccc(OC)cc1.Cl. The van der Waals surface area contributed by atoms with E-state index in [-0.39, 0.29) is 24.2 Å². The molecule has 0 aromatic heterocycles. The number of carbonyl (C=O) groups is 1. The summed E-state index contributed by atoms with van der Waals surface area (Å²) in [5, 5.41) is 2.88. The molecule has 1 amide bonds. The molecule has 5 heteroatoms. The van der Waals surface area contributed by atoms with Crippen molar-refractivity contribution >= 4 is 18.3 Å². The summed E-state index contributed by atoms with van der Waals surface area (Å²) in [6, 6.07) is 7.42. The molecule has 4 nitrogen and oxygen atoms in total. The average Bonchev–Trinajstić information content (AvgIpc) is 2.46. The number of methoxy groups -OCH3 is 1. The van der Waals surface area contributed by atoms with Crippen molar-refractivity contribution in [3.63, 3.8) is 0 Å². The van der Waals surface area contributed by atoms with Gasteiger partial charge in [0.05, 0.1) is 13.2 Å².